The summed E-state index contributed by atoms with van der Waals surface area (Å²) in [5, 5.41) is 11.8. The number of nitrogens with one attached hydrogen (secondary N) is 1. The first kappa shape index (κ1) is 14.8. The molecule has 2 aliphatic rings. The van der Waals surface area contributed by atoms with Crippen LogP contribution >= 0.6 is 0 Å². The van der Waals surface area contributed by atoms with Crippen molar-refractivity contribution in [3.05, 3.63) is 0 Å². The molecule has 0 heterocycles. The predicted octanol–water partition coefficient (Wildman–Crippen LogP) is 0.614. The number of carbonyl (C=O) groups excluding carboxylic acids is 2. The third kappa shape index (κ3) is 3.95. The molecule has 0 aromatic carbocycles. The maximum atomic E-state index is 12.2. The zero-order valence-corrected chi connectivity index (χ0v) is 11.8. The monoisotopic (exact) mass is 282 g/mol. The van der Waals surface area contributed by atoms with Crippen LogP contribution in [0, 0.1) is 11.8 Å². The van der Waals surface area contributed by atoms with Gasteiger partial charge in [-0.25, -0.2) is 0 Å². The number of hydrogen-bond acceptors (Lipinski definition) is 3. The topological polar surface area (TPSA) is 86.7 Å². The molecular formula is C14H22N2O4. The number of hydrogen-bond donors (Lipinski definition) is 2. The Morgan fingerprint density at radius 1 is 1.05 bits per heavy atom. The van der Waals surface area contributed by atoms with Crippen LogP contribution in [0.5, 0.6) is 0 Å². The van der Waals surface area contributed by atoms with E-state index < -0.39 is 5.97 Å². The van der Waals surface area contributed by atoms with Crippen molar-refractivity contribution in [1.29, 1.82) is 0 Å². The predicted molar refractivity (Wildman–Crippen MR) is 71.9 cm³/mol. The highest BCUT2D eigenvalue weighted by atomic mass is 16.4. The quantitative estimate of drug-likeness (QED) is 0.773. The summed E-state index contributed by atoms with van der Waals surface area (Å²) in [6.07, 6.45) is 4.36. The van der Waals surface area contributed by atoms with E-state index >= 15 is 0 Å². The lowest BCUT2D eigenvalue weighted by Gasteiger charge is -2.28. The van der Waals surface area contributed by atoms with Gasteiger partial charge in [0.2, 0.25) is 11.8 Å². The van der Waals surface area contributed by atoms with Crippen molar-refractivity contribution in [1.82, 2.24) is 10.2 Å². The molecular weight excluding hydrogens is 260 g/mol. The molecule has 2 fully saturated rings. The van der Waals surface area contributed by atoms with E-state index in [2.05, 4.69) is 5.32 Å². The molecule has 2 N–H and O–H groups in total. The summed E-state index contributed by atoms with van der Waals surface area (Å²) >= 11 is 0. The highest BCUT2D eigenvalue weighted by molar-refractivity contribution is 5.86. The number of carbonyl (C=O) groups is 3. The summed E-state index contributed by atoms with van der Waals surface area (Å²) in [6, 6.07) is 0.303. The summed E-state index contributed by atoms with van der Waals surface area (Å²) in [6.45, 7) is 0.0915. The van der Waals surface area contributed by atoms with Gasteiger partial charge in [-0.3, -0.25) is 14.4 Å². The zero-order chi connectivity index (χ0) is 14.7. The van der Waals surface area contributed by atoms with Crippen LogP contribution in [-0.4, -0.2) is 47.4 Å². The van der Waals surface area contributed by atoms with Crippen LogP contribution in [0.15, 0.2) is 0 Å². The molecule has 112 valence electrons. The molecule has 6 heteroatoms. The minimum Gasteiger partial charge on any atom is -0.481 e. The van der Waals surface area contributed by atoms with Gasteiger partial charge in [-0.1, -0.05) is 0 Å². The molecule has 0 aromatic rings. The molecule has 0 bridgehead atoms. The molecule has 0 atom stereocenters. The molecule has 0 aromatic heterocycles. The smallest absolute Gasteiger partial charge is 0.306 e. The zero-order valence-electron chi connectivity index (χ0n) is 11.8. The first-order valence-corrected chi connectivity index (χ1v) is 7.24. The molecule has 0 aliphatic heterocycles. The number of aliphatic carboxylic acids is 1. The van der Waals surface area contributed by atoms with E-state index in [9.17, 15) is 14.4 Å². The maximum absolute atomic E-state index is 12.2. The molecule has 2 saturated carbocycles. The lowest BCUT2D eigenvalue weighted by Crippen LogP contribution is -2.42. The highest BCUT2D eigenvalue weighted by Crippen LogP contribution is 2.30. The Hall–Kier alpha value is -1.59. The van der Waals surface area contributed by atoms with Crippen molar-refractivity contribution in [2.75, 3.05) is 13.6 Å². The van der Waals surface area contributed by atoms with Gasteiger partial charge in [-0.15, -0.1) is 0 Å². The lowest BCUT2D eigenvalue weighted by atomic mass is 9.81. The largest absolute Gasteiger partial charge is 0.481 e. The fourth-order valence-corrected chi connectivity index (χ4v) is 2.69. The molecule has 2 amide bonds. The van der Waals surface area contributed by atoms with E-state index in [4.69, 9.17) is 5.11 Å². The summed E-state index contributed by atoms with van der Waals surface area (Å²) in [7, 11) is 1.64. The minimum atomic E-state index is -0.770. The number of nitrogens with zero attached hydrogens (tertiary/aromatic N) is 1. The second-order valence-electron chi connectivity index (χ2n) is 5.92. The van der Waals surface area contributed by atoms with Crippen LogP contribution in [0.2, 0.25) is 0 Å². The first-order valence-electron chi connectivity index (χ1n) is 7.24. The van der Waals surface area contributed by atoms with E-state index in [1.807, 2.05) is 0 Å². The summed E-state index contributed by atoms with van der Waals surface area (Å²) < 4.78 is 0. The Bertz CT molecular complexity index is 398. The first-order chi connectivity index (χ1) is 9.47. The van der Waals surface area contributed by atoms with Gasteiger partial charge in [0.15, 0.2) is 0 Å². The van der Waals surface area contributed by atoms with Gasteiger partial charge < -0.3 is 15.3 Å². The van der Waals surface area contributed by atoms with E-state index in [0.29, 0.717) is 31.7 Å². The normalized spacial score (nSPS) is 25.9. The van der Waals surface area contributed by atoms with Gasteiger partial charge in [-0.2, -0.15) is 0 Å². The van der Waals surface area contributed by atoms with E-state index in [0.717, 1.165) is 12.8 Å². The number of carboxylic acids is 1. The van der Waals surface area contributed by atoms with Crippen molar-refractivity contribution < 1.29 is 19.5 Å². The van der Waals surface area contributed by atoms with E-state index in [1.54, 1.807) is 7.05 Å². The van der Waals surface area contributed by atoms with Gasteiger partial charge in [0, 0.05) is 19.0 Å². The van der Waals surface area contributed by atoms with Gasteiger partial charge in [0.1, 0.15) is 0 Å². The van der Waals surface area contributed by atoms with Crippen LogP contribution in [0.3, 0.4) is 0 Å². The van der Waals surface area contributed by atoms with Crippen molar-refractivity contribution in [2.45, 2.75) is 44.6 Å². The van der Waals surface area contributed by atoms with Gasteiger partial charge >= 0.3 is 5.97 Å². The average molecular weight is 282 g/mol. The Morgan fingerprint density at radius 3 is 2.10 bits per heavy atom. The molecule has 0 unspecified atom stereocenters. The molecule has 20 heavy (non-hydrogen) atoms. The third-order valence-electron chi connectivity index (χ3n) is 4.13. The van der Waals surface area contributed by atoms with Gasteiger partial charge in [-0.05, 0) is 38.5 Å². The maximum Gasteiger partial charge on any atom is 0.306 e. The van der Waals surface area contributed by atoms with Gasteiger partial charge in [0.05, 0.1) is 12.5 Å². The Balaban J connectivity index is 1.75. The standard InChI is InChI=1S/C14H22N2O4/c1-16(8-12(17)15-11-6-7-11)13(18)9-2-4-10(5-3-9)14(19)20/h9-11H,2-8H2,1H3,(H,15,17)(H,19,20). The average Bonchev–Trinajstić information content (AvgIpc) is 3.21. The molecule has 2 rings (SSSR count). The van der Waals surface area contributed by atoms with Crippen molar-refractivity contribution >= 4 is 17.8 Å². The second-order valence-corrected chi connectivity index (χ2v) is 5.92. The van der Waals surface area contributed by atoms with E-state index in [-0.39, 0.29) is 30.2 Å². The van der Waals surface area contributed by atoms with Crippen LogP contribution in [0.25, 0.3) is 0 Å². The third-order valence-corrected chi connectivity index (χ3v) is 4.13. The highest BCUT2D eigenvalue weighted by Gasteiger charge is 2.32. The Kier molecular flexibility index (Phi) is 4.62. The summed E-state index contributed by atoms with van der Waals surface area (Å²) in [5.41, 5.74) is 0. The lowest BCUT2D eigenvalue weighted by molar-refractivity contribution is -0.145. The van der Waals surface area contributed by atoms with Gasteiger partial charge in [0.25, 0.3) is 0 Å². The summed E-state index contributed by atoms with van der Waals surface area (Å²) in [4.78, 5) is 36.2. The van der Waals surface area contributed by atoms with Crippen LogP contribution in [-0.2, 0) is 14.4 Å². The number of amides is 2. The molecule has 0 saturated heterocycles. The fourth-order valence-electron chi connectivity index (χ4n) is 2.69. The second kappa shape index (κ2) is 6.24. The van der Waals surface area contributed by atoms with E-state index in [1.165, 1.54) is 4.90 Å². The number of likely N-dealkylation sites (N-methyl/N-ethyl adjacent to an activating group) is 1. The van der Waals surface area contributed by atoms with Crippen LogP contribution in [0.1, 0.15) is 38.5 Å². The van der Waals surface area contributed by atoms with Crippen LogP contribution < -0.4 is 5.32 Å². The van der Waals surface area contributed by atoms with Crippen LogP contribution in [0.4, 0.5) is 0 Å². The summed E-state index contributed by atoms with van der Waals surface area (Å²) in [5.74, 6) is -1.37. The van der Waals surface area contributed by atoms with Crippen molar-refractivity contribution in [3.8, 4) is 0 Å². The fraction of sp³-hybridized carbons (Fsp3) is 0.786. The Labute approximate surface area is 118 Å². The van der Waals surface area contributed by atoms with Crippen molar-refractivity contribution in [3.63, 3.8) is 0 Å². The Morgan fingerprint density at radius 2 is 1.60 bits per heavy atom. The van der Waals surface area contributed by atoms with Crippen molar-refractivity contribution in [2.24, 2.45) is 11.8 Å². The number of rotatable bonds is 5. The molecule has 0 spiro atoms. The number of carboxylic acid groups (broad SMARTS) is 1. The molecule has 0 radical (unpaired) electrons. The minimum absolute atomic E-state index is 0.0419. The molecule has 6 nitrogen and oxygen atoms in total. The molecule has 2 aliphatic carbocycles. The SMILES string of the molecule is CN(CC(=O)NC1CC1)C(=O)C1CCC(C(=O)O)CC1.